The summed E-state index contributed by atoms with van der Waals surface area (Å²) in [6, 6.07) is 8.06. The van der Waals surface area contributed by atoms with E-state index in [1.807, 2.05) is 26.0 Å². The Morgan fingerprint density at radius 1 is 0.548 bits per heavy atom. The first-order valence-corrected chi connectivity index (χ1v) is 18.0. The van der Waals surface area contributed by atoms with Crippen molar-refractivity contribution in [1.82, 2.24) is 0 Å². The Morgan fingerprint density at radius 3 is 1.31 bits per heavy atom. The van der Waals surface area contributed by atoms with Crippen LogP contribution < -0.4 is 0 Å². The number of esters is 2. The Labute approximate surface area is 261 Å². The average molecular weight is 611 g/mol. The highest BCUT2D eigenvalue weighted by atomic mass is 32.1. The van der Waals surface area contributed by atoms with E-state index in [0.717, 1.165) is 46.6 Å². The predicted octanol–water partition coefficient (Wildman–Crippen LogP) is 11.3. The number of aryl methyl sites for hydroxylation is 2. The molecule has 0 bridgehead atoms. The van der Waals surface area contributed by atoms with E-state index in [1.54, 1.807) is 22.7 Å². The summed E-state index contributed by atoms with van der Waals surface area (Å²) in [7, 11) is 0. The van der Waals surface area contributed by atoms with Gasteiger partial charge in [0, 0.05) is 20.9 Å². The minimum atomic E-state index is -0.362. The third kappa shape index (κ3) is 10.4. The normalized spacial score (nSPS) is 11.1. The maximum Gasteiger partial charge on any atom is 0.338 e. The summed E-state index contributed by atoms with van der Waals surface area (Å²) in [5.74, 6) is -0.724. The highest BCUT2D eigenvalue weighted by Gasteiger charge is 2.24. The third-order valence-electron chi connectivity index (χ3n) is 7.62. The Kier molecular flexibility index (Phi) is 15.4. The van der Waals surface area contributed by atoms with Crippen LogP contribution in [0.1, 0.15) is 137 Å². The number of rotatable bonds is 20. The first-order chi connectivity index (χ1) is 20.5. The number of benzene rings is 1. The standard InChI is InChI=1S/C36H50O4S2/c1-5-9-11-13-15-17-19-27-21-33(41-25-27)29-23-32(36(38)40-8-4)30(24-31(29)35(37)39-7-3)34-22-28(26-42-34)20-18-16-14-12-10-6-2/h21-26H,5-20H2,1-4H3. The van der Waals surface area contributed by atoms with Gasteiger partial charge in [0.1, 0.15) is 0 Å². The molecule has 0 aliphatic carbocycles. The Hall–Kier alpha value is -2.44. The lowest BCUT2D eigenvalue weighted by molar-refractivity contribution is 0.0513. The highest BCUT2D eigenvalue weighted by Crippen LogP contribution is 2.39. The molecule has 0 saturated carbocycles. The molecule has 1 aromatic carbocycles. The number of hydrogen-bond donors (Lipinski definition) is 0. The number of carbonyl (C=O) groups excluding carboxylic acids is 2. The molecule has 3 rings (SSSR count). The van der Waals surface area contributed by atoms with E-state index < -0.39 is 0 Å². The summed E-state index contributed by atoms with van der Waals surface area (Å²) >= 11 is 3.24. The molecule has 4 nitrogen and oxygen atoms in total. The fraction of sp³-hybridized carbons (Fsp3) is 0.556. The lowest BCUT2D eigenvalue weighted by Crippen LogP contribution is -2.11. The van der Waals surface area contributed by atoms with Crippen LogP contribution in [0.3, 0.4) is 0 Å². The van der Waals surface area contributed by atoms with Crippen LogP contribution in [-0.4, -0.2) is 25.2 Å². The van der Waals surface area contributed by atoms with E-state index in [0.29, 0.717) is 24.3 Å². The molecular weight excluding hydrogens is 561 g/mol. The second kappa shape index (κ2) is 19.0. The molecular formula is C36H50O4S2. The van der Waals surface area contributed by atoms with Crippen molar-refractivity contribution in [3.63, 3.8) is 0 Å². The number of ether oxygens (including phenoxy) is 2. The summed E-state index contributed by atoms with van der Waals surface area (Å²) in [6.07, 6.45) is 17.2. The zero-order valence-corrected chi connectivity index (χ0v) is 27.9. The van der Waals surface area contributed by atoms with Crippen molar-refractivity contribution in [1.29, 1.82) is 0 Å². The summed E-state index contributed by atoms with van der Waals surface area (Å²) in [6.45, 7) is 8.72. The summed E-state index contributed by atoms with van der Waals surface area (Å²) in [5.41, 5.74) is 5.03. The molecule has 230 valence electrons. The lowest BCUT2D eigenvalue weighted by Gasteiger charge is -2.14. The van der Waals surface area contributed by atoms with Crippen LogP contribution in [0.4, 0.5) is 0 Å². The molecule has 0 fully saturated rings. The molecule has 6 heteroatoms. The molecule has 0 saturated heterocycles. The van der Waals surface area contributed by atoms with Crippen LogP contribution in [0.5, 0.6) is 0 Å². The quantitative estimate of drug-likeness (QED) is 0.0943. The van der Waals surface area contributed by atoms with Gasteiger partial charge in [-0.2, -0.15) is 0 Å². The molecule has 3 aromatic rings. The van der Waals surface area contributed by atoms with Crippen molar-refractivity contribution in [3.05, 3.63) is 57.3 Å². The summed E-state index contributed by atoms with van der Waals surface area (Å²) in [4.78, 5) is 28.5. The van der Waals surface area contributed by atoms with Gasteiger partial charge in [-0.15, -0.1) is 22.7 Å². The van der Waals surface area contributed by atoms with Crippen LogP contribution in [0.25, 0.3) is 20.9 Å². The van der Waals surface area contributed by atoms with E-state index in [9.17, 15) is 9.59 Å². The van der Waals surface area contributed by atoms with Crippen molar-refractivity contribution < 1.29 is 19.1 Å². The Balaban J connectivity index is 1.89. The zero-order valence-electron chi connectivity index (χ0n) is 26.2. The highest BCUT2D eigenvalue weighted by molar-refractivity contribution is 7.14. The molecule has 0 spiro atoms. The zero-order chi connectivity index (χ0) is 30.2. The van der Waals surface area contributed by atoms with Crippen molar-refractivity contribution in [2.45, 2.75) is 118 Å². The lowest BCUT2D eigenvalue weighted by atomic mass is 9.95. The van der Waals surface area contributed by atoms with Gasteiger partial charge in [-0.1, -0.05) is 78.1 Å². The molecule has 0 N–H and O–H groups in total. The van der Waals surface area contributed by atoms with Gasteiger partial charge >= 0.3 is 11.9 Å². The monoisotopic (exact) mass is 610 g/mol. The maximum atomic E-state index is 13.3. The van der Waals surface area contributed by atoms with Gasteiger partial charge in [0.25, 0.3) is 0 Å². The molecule has 0 aliphatic heterocycles. The van der Waals surface area contributed by atoms with Crippen LogP contribution in [0.15, 0.2) is 35.0 Å². The molecule has 2 heterocycles. The van der Waals surface area contributed by atoms with E-state index in [2.05, 4.69) is 36.7 Å². The summed E-state index contributed by atoms with van der Waals surface area (Å²) in [5, 5.41) is 4.37. The molecule has 0 amide bonds. The number of carbonyl (C=O) groups is 2. The van der Waals surface area contributed by atoms with Gasteiger partial charge in [-0.05, 0) is 85.7 Å². The van der Waals surface area contributed by atoms with Crippen LogP contribution in [0.2, 0.25) is 0 Å². The number of hydrogen-bond acceptors (Lipinski definition) is 6. The van der Waals surface area contributed by atoms with Crippen molar-refractivity contribution in [2.75, 3.05) is 13.2 Å². The van der Waals surface area contributed by atoms with Crippen LogP contribution in [-0.2, 0) is 22.3 Å². The average Bonchev–Trinajstić information content (AvgIpc) is 3.66. The van der Waals surface area contributed by atoms with Gasteiger partial charge < -0.3 is 9.47 Å². The molecule has 0 atom stereocenters. The first kappa shape index (κ1) is 34.1. The van der Waals surface area contributed by atoms with Crippen molar-refractivity contribution >= 4 is 34.6 Å². The van der Waals surface area contributed by atoms with E-state index in [4.69, 9.17) is 9.47 Å². The largest absolute Gasteiger partial charge is 0.462 e. The van der Waals surface area contributed by atoms with Crippen molar-refractivity contribution in [3.8, 4) is 20.9 Å². The minimum absolute atomic E-state index is 0.294. The van der Waals surface area contributed by atoms with E-state index >= 15 is 0 Å². The molecule has 2 aromatic heterocycles. The van der Waals surface area contributed by atoms with Gasteiger partial charge in [-0.25, -0.2) is 9.59 Å². The van der Waals surface area contributed by atoms with E-state index in [-0.39, 0.29) is 11.9 Å². The predicted molar refractivity (Wildman–Crippen MR) is 179 cm³/mol. The van der Waals surface area contributed by atoms with Gasteiger partial charge in [0.05, 0.1) is 24.3 Å². The minimum Gasteiger partial charge on any atom is -0.462 e. The fourth-order valence-electron chi connectivity index (χ4n) is 5.28. The van der Waals surface area contributed by atoms with Gasteiger partial charge in [0.15, 0.2) is 0 Å². The van der Waals surface area contributed by atoms with Crippen LogP contribution >= 0.6 is 22.7 Å². The smallest absolute Gasteiger partial charge is 0.338 e. The molecule has 0 radical (unpaired) electrons. The third-order valence-corrected chi connectivity index (χ3v) is 9.65. The Morgan fingerprint density at radius 2 is 0.929 bits per heavy atom. The van der Waals surface area contributed by atoms with Crippen molar-refractivity contribution in [2.24, 2.45) is 0 Å². The number of unbranched alkanes of at least 4 members (excludes halogenated alkanes) is 10. The SMILES string of the molecule is CCCCCCCCc1csc(-c2cc(C(=O)OCC)c(-c3cc(CCCCCCCC)cs3)cc2C(=O)OCC)c1. The maximum absolute atomic E-state index is 13.3. The van der Waals surface area contributed by atoms with Gasteiger partial charge in [0.2, 0.25) is 0 Å². The first-order valence-electron chi connectivity index (χ1n) is 16.2. The Bertz CT molecular complexity index is 1140. The summed E-state index contributed by atoms with van der Waals surface area (Å²) < 4.78 is 11.0. The second-order valence-electron chi connectivity index (χ2n) is 11.1. The topological polar surface area (TPSA) is 52.6 Å². The van der Waals surface area contributed by atoms with Crippen LogP contribution in [0, 0.1) is 0 Å². The molecule has 0 aliphatic rings. The van der Waals surface area contributed by atoms with Gasteiger partial charge in [-0.3, -0.25) is 0 Å². The number of thiophene rings is 2. The second-order valence-corrected chi connectivity index (χ2v) is 12.9. The fourth-order valence-corrected chi connectivity index (χ4v) is 7.24. The van der Waals surface area contributed by atoms with E-state index in [1.165, 1.54) is 75.3 Å². The molecule has 42 heavy (non-hydrogen) atoms. The molecule has 0 unspecified atom stereocenters.